The van der Waals surface area contributed by atoms with E-state index in [9.17, 15) is 4.79 Å². The molecule has 0 aliphatic carbocycles. The van der Waals surface area contributed by atoms with Gasteiger partial charge in [-0.05, 0) is 24.3 Å². The number of benzene rings is 1. The zero-order valence-corrected chi connectivity index (χ0v) is 11.7. The summed E-state index contributed by atoms with van der Waals surface area (Å²) in [5, 5.41) is 0. The molecule has 0 N–H and O–H groups in total. The summed E-state index contributed by atoms with van der Waals surface area (Å²) in [5.74, 6) is -0.173. The predicted molar refractivity (Wildman–Crippen MR) is 73.7 cm³/mol. The highest BCUT2D eigenvalue weighted by Gasteiger charge is 2.26. The zero-order chi connectivity index (χ0) is 13.7. The van der Waals surface area contributed by atoms with E-state index in [0.29, 0.717) is 6.61 Å². The molecule has 19 heavy (non-hydrogen) atoms. The second-order valence-electron chi connectivity index (χ2n) is 5.22. The van der Waals surface area contributed by atoms with Gasteiger partial charge in [0.05, 0.1) is 12.5 Å². The number of esters is 1. The lowest BCUT2D eigenvalue weighted by Gasteiger charge is -2.25. The van der Waals surface area contributed by atoms with Crippen LogP contribution in [0.2, 0.25) is 0 Å². The Morgan fingerprint density at radius 3 is 2.63 bits per heavy atom. The lowest BCUT2D eigenvalue weighted by atomic mass is 9.89. The SMILES string of the molecule is CC(C(=O)OC1CCCCO1)C(C)c1ccccc1. The standard InChI is InChI=1S/C16H22O3/c1-12(14-8-4-3-5-9-14)13(2)16(17)19-15-10-6-7-11-18-15/h3-5,8-9,12-13,15H,6-7,10-11H2,1-2H3. The summed E-state index contributed by atoms with van der Waals surface area (Å²) in [6.07, 6.45) is 2.61. The molecular formula is C16H22O3. The van der Waals surface area contributed by atoms with Crippen LogP contribution in [0.3, 0.4) is 0 Å². The number of carbonyl (C=O) groups is 1. The minimum Gasteiger partial charge on any atom is -0.436 e. The van der Waals surface area contributed by atoms with Gasteiger partial charge in [0, 0.05) is 6.42 Å². The van der Waals surface area contributed by atoms with Gasteiger partial charge < -0.3 is 9.47 Å². The topological polar surface area (TPSA) is 35.5 Å². The Hall–Kier alpha value is -1.35. The Balaban J connectivity index is 1.91. The van der Waals surface area contributed by atoms with Crippen molar-refractivity contribution >= 4 is 5.97 Å². The summed E-state index contributed by atoms with van der Waals surface area (Å²) in [7, 11) is 0. The first-order chi connectivity index (χ1) is 9.18. The van der Waals surface area contributed by atoms with Crippen molar-refractivity contribution in [2.75, 3.05) is 6.61 Å². The minimum atomic E-state index is -0.341. The third kappa shape index (κ3) is 3.80. The van der Waals surface area contributed by atoms with E-state index in [-0.39, 0.29) is 24.1 Å². The number of hydrogen-bond donors (Lipinski definition) is 0. The van der Waals surface area contributed by atoms with E-state index in [2.05, 4.69) is 6.92 Å². The van der Waals surface area contributed by atoms with Crippen LogP contribution in [-0.4, -0.2) is 18.9 Å². The molecule has 3 heteroatoms. The maximum Gasteiger partial charge on any atom is 0.311 e. The van der Waals surface area contributed by atoms with Crippen molar-refractivity contribution in [1.82, 2.24) is 0 Å². The van der Waals surface area contributed by atoms with Crippen LogP contribution in [0.1, 0.15) is 44.6 Å². The second-order valence-corrected chi connectivity index (χ2v) is 5.22. The molecule has 1 fully saturated rings. The maximum atomic E-state index is 12.1. The highest BCUT2D eigenvalue weighted by Crippen LogP contribution is 2.26. The molecule has 1 heterocycles. The Bertz CT molecular complexity index is 396. The Labute approximate surface area is 114 Å². The quantitative estimate of drug-likeness (QED) is 0.779. The molecule has 3 atom stereocenters. The summed E-state index contributed by atoms with van der Waals surface area (Å²) >= 11 is 0. The van der Waals surface area contributed by atoms with Gasteiger partial charge in [-0.3, -0.25) is 4.79 Å². The van der Waals surface area contributed by atoms with Crippen molar-refractivity contribution in [2.45, 2.75) is 45.3 Å². The highest BCUT2D eigenvalue weighted by atomic mass is 16.7. The van der Waals surface area contributed by atoms with Crippen LogP contribution in [0.15, 0.2) is 30.3 Å². The summed E-state index contributed by atoms with van der Waals surface area (Å²) in [6.45, 7) is 4.67. The molecule has 1 saturated heterocycles. The van der Waals surface area contributed by atoms with Gasteiger partial charge in [0.1, 0.15) is 0 Å². The first-order valence-electron chi connectivity index (χ1n) is 7.05. The van der Waals surface area contributed by atoms with Crippen LogP contribution in [-0.2, 0) is 14.3 Å². The fourth-order valence-electron chi connectivity index (χ4n) is 2.29. The van der Waals surface area contributed by atoms with E-state index >= 15 is 0 Å². The van der Waals surface area contributed by atoms with E-state index in [1.807, 2.05) is 37.3 Å². The molecule has 0 amide bonds. The molecule has 0 saturated carbocycles. The van der Waals surface area contributed by atoms with Crippen molar-refractivity contribution in [3.8, 4) is 0 Å². The summed E-state index contributed by atoms with van der Waals surface area (Å²) in [6, 6.07) is 10.1. The molecule has 1 aliphatic heterocycles. The van der Waals surface area contributed by atoms with Crippen molar-refractivity contribution in [1.29, 1.82) is 0 Å². The Kier molecular flexibility index (Phi) is 4.97. The van der Waals surface area contributed by atoms with Crippen molar-refractivity contribution in [3.05, 3.63) is 35.9 Å². The van der Waals surface area contributed by atoms with Crippen LogP contribution in [0.4, 0.5) is 0 Å². The van der Waals surface area contributed by atoms with Gasteiger partial charge >= 0.3 is 5.97 Å². The van der Waals surface area contributed by atoms with Crippen molar-refractivity contribution in [3.63, 3.8) is 0 Å². The fourth-order valence-corrected chi connectivity index (χ4v) is 2.29. The van der Waals surface area contributed by atoms with E-state index in [1.54, 1.807) is 0 Å². The van der Waals surface area contributed by atoms with Crippen LogP contribution in [0, 0.1) is 5.92 Å². The van der Waals surface area contributed by atoms with Gasteiger partial charge in [0.25, 0.3) is 0 Å². The third-order valence-electron chi connectivity index (χ3n) is 3.83. The molecule has 0 radical (unpaired) electrons. The van der Waals surface area contributed by atoms with Gasteiger partial charge in [-0.1, -0.05) is 44.2 Å². The molecule has 1 aromatic carbocycles. The van der Waals surface area contributed by atoms with E-state index in [4.69, 9.17) is 9.47 Å². The monoisotopic (exact) mass is 262 g/mol. The highest BCUT2D eigenvalue weighted by molar-refractivity contribution is 5.73. The van der Waals surface area contributed by atoms with Gasteiger partial charge in [0.15, 0.2) is 0 Å². The smallest absolute Gasteiger partial charge is 0.311 e. The molecule has 1 aliphatic rings. The molecular weight excluding hydrogens is 240 g/mol. The van der Waals surface area contributed by atoms with Gasteiger partial charge in [-0.15, -0.1) is 0 Å². The molecule has 104 valence electrons. The Morgan fingerprint density at radius 2 is 2.00 bits per heavy atom. The first kappa shape index (κ1) is 14.1. The first-order valence-corrected chi connectivity index (χ1v) is 7.05. The lowest BCUT2D eigenvalue weighted by Crippen LogP contribution is -2.29. The van der Waals surface area contributed by atoms with Crippen molar-refractivity contribution < 1.29 is 14.3 Å². The zero-order valence-electron chi connectivity index (χ0n) is 11.7. The van der Waals surface area contributed by atoms with Crippen LogP contribution < -0.4 is 0 Å². The summed E-state index contributed by atoms with van der Waals surface area (Å²) in [5.41, 5.74) is 1.16. The molecule has 1 aromatic rings. The van der Waals surface area contributed by atoms with Crippen LogP contribution >= 0.6 is 0 Å². The summed E-state index contributed by atoms with van der Waals surface area (Å²) < 4.78 is 10.9. The van der Waals surface area contributed by atoms with Gasteiger partial charge in [-0.2, -0.15) is 0 Å². The average molecular weight is 262 g/mol. The molecule has 3 nitrogen and oxygen atoms in total. The number of rotatable bonds is 4. The predicted octanol–water partition coefficient (Wildman–Crippen LogP) is 3.50. The largest absolute Gasteiger partial charge is 0.436 e. The Morgan fingerprint density at radius 1 is 1.26 bits per heavy atom. The number of ether oxygens (including phenoxy) is 2. The fraction of sp³-hybridized carbons (Fsp3) is 0.562. The van der Waals surface area contributed by atoms with E-state index in [0.717, 1.165) is 24.8 Å². The van der Waals surface area contributed by atoms with Gasteiger partial charge in [0.2, 0.25) is 6.29 Å². The third-order valence-corrected chi connectivity index (χ3v) is 3.83. The second kappa shape index (κ2) is 6.71. The van der Waals surface area contributed by atoms with Crippen LogP contribution in [0.5, 0.6) is 0 Å². The minimum absolute atomic E-state index is 0.150. The normalized spacial score (nSPS) is 22.5. The van der Waals surface area contributed by atoms with E-state index in [1.165, 1.54) is 0 Å². The maximum absolute atomic E-state index is 12.1. The lowest BCUT2D eigenvalue weighted by molar-refractivity contribution is -0.191. The number of hydrogen-bond acceptors (Lipinski definition) is 3. The van der Waals surface area contributed by atoms with Crippen LogP contribution in [0.25, 0.3) is 0 Å². The molecule has 2 rings (SSSR count). The van der Waals surface area contributed by atoms with Gasteiger partial charge in [-0.25, -0.2) is 0 Å². The molecule has 3 unspecified atom stereocenters. The molecule has 0 aromatic heterocycles. The molecule has 0 bridgehead atoms. The number of carbonyl (C=O) groups excluding carboxylic acids is 1. The van der Waals surface area contributed by atoms with E-state index < -0.39 is 0 Å². The average Bonchev–Trinajstić information content (AvgIpc) is 2.47. The van der Waals surface area contributed by atoms with Crippen molar-refractivity contribution in [2.24, 2.45) is 5.92 Å². The molecule has 0 spiro atoms. The summed E-state index contributed by atoms with van der Waals surface area (Å²) in [4.78, 5) is 12.1.